The molecule has 7 nitrogen and oxygen atoms in total. The van der Waals surface area contributed by atoms with Crippen LogP contribution < -0.4 is 10.2 Å². The number of hydrogen-bond acceptors (Lipinski definition) is 6. The van der Waals surface area contributed by atoms with Gasteiger partial charge in [0.15, 0.2) is 0 Å². The van der Waals surface area contributed by atoms with E-state index in [0.29, 0.717) is 19.3 Å². The third-order valence-electron chi connectivity index (χ3n) is 5.82. The van der Waals surface area contributed by atoms with Gasteiger partial charge in [-0.25, -0.2) is 9.97 Å². The molecule has 0 saturated carbocycles. The predicted molar refractivity (Wildman–Crippen MR) is 119 cm³/mol. The van der Waals surface area contributed by atoms with Gasteiger partial charge in [0.25, 0.3) is 0 Å². The zero-order chi connectivity index (χ0) is 20.9. The van der Waals surface area contributed by atoms with Crippen LogP contribution in [0, 0.1) is 5.92 Å². The molecule has 0 bridgehead atoms. The second kappa shape index (κ2) is 9.75. The molecule has 1 aromatic carbocycles. The molecule has 0 spiro atoms. The maximum absolute atomic E-state index is 11.1. The lowest BCUT2D eigenvalue weighted by atomic mass is 9.96. The van der Waals surface area contributed by atoms with E-state index in [4.69, 9.17) is 9.84 Å². The van der Waals surface area contributed by atoms with Gasteiger partial charge >= 0.3 is 5.97 Å². The van der Waals surface area contributed by atoms with Gasteiger partial charge in [0.05, 0.1) is 16.5 Å². The first-order chi connectivity index (χ1) is 14.6. The number of carboxylic acids is 1. The molecular formula is C22H27BrN4O3. The summed E-state index contributed by atoms with van der Waals surface area (Å²) in [5.74, 6) is 0.679. The number of nitrogens with one attached hydrogen (secondary N) is 1. The zero-order valence-corrected chi connectivity index (χ0v) is 18.5. The number of piperidine rings is 1. The quantitative estimate of drug-likeness (QED) is 0.631. The Hall–Kier alpha value is -2.19. The van der Waals surface area contributed by atoms with Crippen molar-refractivity contribution in [2.75, 3.05) is 36.5 Å². The van der Waals surface area contributed by atoms with Gasteiger partial charge in [-0.3, -0.25) is 4.79 Å². The topological polar surface area (TPSA) is 87.6 Å². The number of hydrogen-bond donors (Lipinski definition) is 2. The summed E-state index contributed by atoms with van der Waals surface area (Å²) in [5.41, 5.74) is 2.28. The van der Waals surface area contributed by atoms with E-state index in [9.17, 15) is 4.79 Å². The third kappa shape index (κ3) is 5.29. The first kappa shape index (κ1) is 21.1. The van der Waals surface area contributed by atoms with Crippen molar-refractivity contribution >= 4 is 33.4 Å². The Balaban J connectivity index is 1.35. The van der Waals surface area contributed by atoms with E-state index in [1.807, 2.05) is 0 Å². The minimum Gasteiger partial charge on any atom is -0.481 e. The number of rotatable bonds is 7. The fourth-order valence-corrected chi connectivity index (χ4v) is 4.35. The number of ether oxygens (including phenoxy) is 1. The Labute approximate surface area is 185 Å². The average molecular weight is 475 g/mol. The molecule has 2 aliphatic rings. The summed E-state index contributed by atoms with van der Waals surface area (Å²) in [5, 5.41) is 12.5. The van der Waals surface area contributed by atoms with E-state index in [1.165, 1.54) is 0 Å². The normalized spacial score (nSPS) is 19.8. The van der Waals surface area contributed by atoms with Crippen LogP contribution >= 0.6 is 15.9 Å². The van der Waals surface area contributed by atoms with Gasteiger partial charge in [0.1, 0.15) is 11.6 Å². The highest BCUT2D eigenvalue weighted by atomic mass is 79.9. The Morgan fingerprint density at radius 3 is 2.67 bits per heavy atom. The summed E-state index contributed by atoms with van der Waals surface area (Å²) < 4.78 is 6.52. The molecule has 1 atom stereocenters. The molecule has 2 aromatic rings. The highest BCUT2D eigenvalue weighted by Gasteiger charge is 2.24. The molecule has 3 heterocycles. The molecule has 2 fully saturated rings. The van der Waals surface area contributed by atoms with Crippen LogP contribution in [0.4, 0.5) is 11.5 Å². The third-order valence-corrected chi connectivity index (χ3v) is 6.40. The van der Waals surface area contributed by atoms with Crippen molar-refractivity contribution < 1.29 is 14.6 Å². The molecule has 2 aliphatic heterocycles. The van der Waals surface area contributed by atoms with Gasteiger partial charge in [-0.2, -0.15) is 0 Å². The summed E-state index contributed by atoms with van der Waals surface area (Å²) in [4.78, 5) is 22.5. The largest absolute Gasteiger partial charge is 0.481 e. The summed E-state index contributed by atoms with van der Waals surface area (Å²) in [6, 6.07) is 8.41. The van der Waals surface area contributed by atoms with E-state index in [1.54, 1.807) is 6.20 Å². The van der Waals surface area contributed by atoms with Crippen LogP contribution in [0.15, 0.2) is 34.9 Å². The van der Waals surface area contributed by atoms with E-state index >= 15 is 0 Å². The first-order valence-electron chi connectivity index (χ1n) is 10.5. The van der Waals surface area contributed by atoms with E-state index < -0.39 is 5.97 Å². The van der Waals surface area contributed by atoms with Gasteiger partial charge in [0, 0.05) is 44.5 Å². The van der Waals surface area contributed by atoms with Crippen molar-refractivity contribution in [3.8, 4) is 0 Å². The van der Waals surface area contributed by atoms with Crippen molar-refractivity contribution in [3.63, 3.8) is 0 Å². The fraction of sp³-hybridized carbons (Fsp3) is 0.500. The highest BCUT2D eigenvalue weighted by molar-refractivity contribution is 9.10. The Bertz CT molecular complexity index is 863. The van der Waals surface area contributed by atoms with Crippen LogP contribution in [0.2, 0.25) is 0 Å². The average Bonchev–Trinajstić information content (AvgIpc) is 3.28. The van der Waals surface area contributed by atoms with Gasteiger partial charge in [0.2, 0.25) is 0 Å². The smallest absolute Gasteiger partial charge is 0.306 e. The van der Waals surface area contributed by atoms with Crippen LogP contribution in [0.1, 0.15) is 37.1 Å². The van der Waals surface area contributed by atoms with Crippen molar-refractivity contribution in [1.82, 2.24) is 9.97 Å². The molecule has 4 rings (SSSR count). The number of carboxylic acid groups (broad SMARTS) is 1. The summed E-state index contributed by atoms with van der Waals surface area (Å²) in [6.07, 6.45) is 6.31. The summed E-state index contributed by atoms with van der Waals surface area (Å²) >= 11 is 3.52. The minimum absolute atomic E-state index is 0.210. The van der Waals surface area contributed by atoms with Crippen LogP contribution in [0.3, 0.4) is 0 Å². The Kier molecular flexibility index (Phi) is 6.84. The molecule has 2 saturated heterocycles. The predicted octanol–water partition coefficient (Wildman–Crippen LogP) is 3.72. The number of nitrogens with zero attached hydrogens (tertiary/aromatic N) is 3. The summed E-state index contributed by atoms with van der Waals surface area (Å²) in [6.45, 7) is 3.16. The number of aliphatic carboxylic acids is 1. The maximum atomic E-state index is 11.1. The lowest BCUT2D eigenvalue weighted by Crippen LogP contribution is -2.36. The molecule has 0 radical (unpaired) electrons. The second-order valence-electron chi connectivity index (χ2n) is 7.94. The zero-order valence-electron chi connectivity index (χ0n) is 16.9. The number of halogens is 1. The maximum Gasteiger partial charge on any atom is 0.306 e. The minimum atomic E-state index is -0.677. The number of carbonyl (C=O) groups is 1. The lowest BCUT2D eigenvalue weighted by Gasteiger charge is -2.32. The molecule has 1 unspecified atom stereocenters. The first-order valence-corrected chi connectivity index (χ1v) is 11.3. The van der Waals surface area contributed by atoms with Gasteiger partial charge in [-0.15, -0.1) is 0 Å². The Morgan fingerprint density at radius 2 is 2.00 bits per heavy atom. The molecule has 8 heteroatoms. The standard InChI is InChI=1S/C22H27BrN4O3/c23-19-14-24-20(26-21(19)25-13-18-2-1-11-30-18)12-15-3-5-17(6-4-15)27-9-7-16(8-10-27)22(28)29/h3-6,14,16,18H,1-2,7-13H2,(H,28,29)(H,24,25,26). The molecular weight excluding hydrogens is 448 g/mol. The van der Waals surface area contributed by atoms with E-state index in [2.05, 4.69) is 60.4 Å². The number of aromatic nitrogens is 2. The molecule has 1 aromatic heterocycles. The van der Waals surface area contributed by atoms with Crippen molar-refractivity contribution in [1.29, 1.82) is 0 Å². The second-order valence-corrected chi connectivity index (χ2v) is 8.80. The van der Waals surface area contributed by atoms with Crippen molar-refractivity contribution in [2.45, 2.75) is 38.2 Å². The van der Waals surface area contributed by atoms with Crippen LogP contribution in [-0.2, 0) is 16.0 Å². The number of anilines is 2. The van der Waals surface area contributed by atoms with Gasteiger partial charge in [-0.05, 0) is 59.3 Å². The van der Waals surface area contributed by atoms with Crippen LogP contribution in [0.25, 0.3) is 0 Å². The van der Waals surface area contributed by atoms with Crippen molar-refractivity contribution in [2.24, 2.45) is 5.92 Å². The van der Waals surface area contributed by atoms with E-state index in [0.717, 1.165) is 66.4 Å². The van der Waals surface area contributed by atoms with Crippen molar-refractivity contribution in [3.05, 3.63) is 46.3 Å². The summed E-state index contributed by atoms with van der Waals surface area (Å²) in [7, 11) is 0. The van der Waals surface area contributed by atoms with Crippen LogP contribution in [0.5, 0.6) is 0 Å². The van der Waals surface area contributed by atoms with Gasteiger partial charge in [-0.1, -0.05) is 12.1 Å². The van der Waals surface area contributed by atoms with E-state index in [-0.39, 0.29) is 12.0 Å². The number of benzene rings is 1. The molecule has 30 heavy (non-hydrogen) atoms. The van der Waals surface area contributed by atoms with Gasteiger partial charge < -0.3 is 20.1 Å². The fourth-order valence-electron chi connectivity index (χ4n) is 4.02. The monoisotopic (exact) mass is 474 g/mol. The molecule has 0 aliphatic carbocycles. The highest BCUT2D eigenvalue weighted by Crippen LogP contribution is 2.25. The molecule has 160 valence electrons. The Morgan fingerprint density at radius 1 is 1.23 bits per heavy atom. The lowest BCUT2D eigenvalue weighted by molar-refractivity contribution is -0.142. The molecule has 0 amide bonds. The SMILES string of the molecule is O=C(O)C1CCN(c2ccc(Cc3ncc(Br)c(NCC4CCCO4)n3)cc2)CC1. The molecule has 2 N–H and O–H groups in total. The van der Waals surface area contributed by atoms with Crippen LogP contribution in [-0.4, -0.2) is 53.4 Å².